The highest BCUT2D eigenvalue weighted by Gasteiger charge is 2.31. The molecule has 0 aliphatic carbocycles. The van der Waals surface area contributed by atoms with Crippen LogP contribution in [-0.4, -0.2) is 32.4 Å². The van der Waals surface area contributed by atoms with E-state index in [-0.39, 0.29) is 25.3 Å². The molecule has 25 heavy (non-hydrogen) atoms. The molecule has 0 N–H and O–H groups in total. The van der Waals surface area contributed by atoms with Crippen molar-refractivity contribution in [3.63, 3.8) is 0 Å². The second-order valence-electron chi connectivity index (χ2n) is 5.76. The molecule has 0 radical (unpaired) electrons. The average molecular weight is 371 g/mol. The minimum Gasteiger partial charge on any atom is -0.371 e. The van der Waals surface area contributed by atoms with Gasteiger partial charge in [0.2, 0.25) is 10.0 Å². The summed E-state index contributed by atoms with van der Waals surface area (Å²) in [6.45, 7) is 0.368. The van der Waals surface area contributed by atoms with Crippen LogP contribution in [0.15, 0.2) is 42.5 Å². The quantitative estimate of drug-likeness (QED) is 0.830. The van der Waals surface area contributed by atoms with Crippen LogP contribution in [0.25, 0.3) is 0 Å². The number of nitrogens with zero attached hydrogens (tertiary/aromatic N) is 1. The van der Waals surface area contributed by atoms with Gasteiger partial charge in [0.25, 0.3) is 0 Å². The molecule has 1 atom stereocenters. The number of sulfonamides is 1. The van der Waals surface area contributed by atoms with Crippen LogP contribution in [0, 0.1) is 17.5 Å². The van der Waals surface area contributed by atoms with Crippen LogP contribution in [0.2, 0.25) is 0 Å². The first-order valence-corrected chi connectivity index (χ1v) is 9.25. The molecule has 0 aromatic heterocycles. The lowest BCUT2D eigenvalue weighted by Gasteiger charge is -2.32. The summed E-state index contributed by atoms with van der Waals surface area (Å²) in [5.74, 6) is -2.61. The summed E-state index contributed by atoms with van der Waals surface area (Å²) in [6, 6.07) is 8.44. The fourth-order valence-corrected chi connectivity index (χ4v) is 4.21. The minimum atomic E-state index is -3.80. The van der Waals surface area contributed by atoms with Crippen LogP contribution in [0.3, 0.4) is 0 Å². The molecule has 3 rings (SSSR count). The van der Waals surface area contributed by atoms with E-state index in [1.165, 1.54) is 28.6 Å². The average Bonchev–Trinajstić information content (AvgIpc) is 2.58. The molecule has 0 unspecified atom stereocenters. The van der Waals surface area contributed by atoms with E-state index in [4.69, 9.17) is 4.74 Å². The van der Waals surface area contributed by atoms with E-state index in [2.05, 4.69) is 0 Å². The van der Waals surface area contributed by atoms with E-state index >= 15 is 0 Å². The normalized spacial score (nSPS) is 19.1. The molecule has 0 spiro atoms. The fourth-order valence-electron chi connectivity index (χ4n) is 2.68. The predicted molar refractivity (Wildman–Crippen MR) is 85.6 cm³/mol. The molecular weight excluding hydrogens is 355 g/mol. The molecule has 0 amide bonds. The van der Waals surface area contributed by atoms with Gasteiger partial charge in [-0.15, -0.1) is 0 Å². The molecule has 2 aromatic rings. The second-order valence-corrected chi connectivity index (χ2v) is 7.73. The standard InChI is InChI=1S/C17H16F3NO3S/c18-14-4-1-12(2-5-14)17-10-21(7-8-24-17)25(22,23)11-13-3-6-15(19)9-16(13)20/h1-6,9,17H,7-8,10-11H2/t17-/m1/s1. The van der Waals surface area contributed by atoms with Crippen LogP contribution in [0.1, 0.15) is 17.2 Å². The van der Waals surface area contributed by atoms with Gasteiger partial charge in [-0.1, -0.05) is 18.2 Å². The molecule has 1 aliphatic heterocycles. The van der Waals surface area contributed by atoms with Crippen LogP contribution in [0.4, 0.5) is 13.2 Å². The number of rotatable bonds is 4. The van der Waals surface area contributed by atoms with Crippen molar-refractivity contribution in [1.29, 1.82) is 0 Å². The summed E-state index contributed by atoms with van der Waals surface area (Å²) in [5, 5.41) is 0. The van der Waals surface area contributed by atoms with Crippen molar-refractivity contribution in [3.8, 4) is 0 Å². The van der Waals surface area contributed by atoms with E-state index in [9.17, 15) is 21.6 Å². The zero-order valence-corrected chi connectivity index (χ0v) is 14.0. The first-order chi connectivity index (χ1) is 11.8. The molecule has 134 valence electrons. The smallest absolute Gasteiger partial charge is 0.218 e. The first kappa shape index (κ1) is 17.9. The third kappa shape index (κ3) is 4.20. The van der Waals surface area contributed by atoms with Gasteiger partial charge < -0.3 is 4.74 Å². The van der Waals surface area contributed by atoms with Crippen molar-refractivity contribution in [2.75, 3.05) is 19.7 Å². The lowest BCUT2D eigenvalue weighted by atomic mass is 10.1. The Hall–Kier alpha value is -1.90. The lowest BCUT2D eigenvalue weighted by molar-refractivity contribution is -0.00263. The van der Waals surface area contributed by atoms with Crippen molar-refractivity contribution < 1.29 is 26.3 Å². The Kier molecular flexibility index (Phi) is 5.12. The summed E-state index contributed by atoms with van der Waals surface area (Å²) in [6.07, 6.45) is -0.526. The number of hydrogen-bond acceptors (Lipinski definition) is 3. The molecule has 1 saturated heterocycles. The van der Waals surface area contributed by atoms with Crippen LogP contribution < -0.4 is 0 Å². The fraction of sp³-hybridized carbons (Fsp3) is 0.294. The Balaban J connectivity index is 1.76. The van der Waals surface area contributed by atoms with Gasteiger partial charge in [-0.25, -0.2) is 21.6 Å². The van der Waals surface area contributed by atoms with Crippen molar-refractivity contribution in [2.24, 2.45) is 0 Å². The first-order valence-electron chi connectivity index (χ1n) is 7.64. The minimum absolute atomic E-state index is 0.0524. The summed E-state index contributed by atoms with van der Waals surface area (Å²) in [5.41, 5.74) is 0.570. The maximum Gasteiger partial charge on any atom is 0.218 e. The Morgan fingerprint density at radius 2 is 1.72 bits per heavy atom. The maximum atomic E-state index is 13.7. The highest BCUT2D eigenvalue weighted by molar-refractivity contribution is 7.88. The van der Waals surface area contributed by atoms with Crippen molar-refractivity contribution in [1.82, 2.24) is 4.31 Å². The molecule has 0 saturated carbocycles. The zero-order valence-electron chi connectivity index (χ0n) is 13.2. The molecule has 2 aromatic carbocycles. The van der Waals surface area contributed by atoms with Gasteiger partial charge in [0.05, 0.1) is 18.5 Å². The molecule has 4 nitrogen and oxygen atoms in total. The monoisotopic (exact) mass is 371 g/mol. The third-order valence-corrected chi connectivity index (χ3v) is 5.81. The number of ether oxygens (including phenoxy) is 1. The molecule has 1 aliphatic rings. The topological polar surface area (TPSA) is 46.6 Å². The Morgan fingerprint density at radius 1 is 1.04 bits per heavy atom. The Morgan fingerprint density at radius 3 is 2.40 bits per heavy atom. The zero-order chi connectivity index (χ0) is 18.0. The van der Waals surface area contributed by atoms with Crippen LogP contribution in [-0.2, 0) is 20.5 Å². The molecule has 8 heteroatoms. The number of hydrogen-bond donors (Lipinski definition) is 0. The highest BCUT2D eigenvalue weighted by Crippen LogP contribution is 2.25. The van der Waals surface area contributed by atoms with Crippen molar-refractivity contribution in [3.05, 3.63) is 71.0 Å². The van der Waals surface area contributed by atoms with Crippen molar-refractivity contribution in [2.45, 2.75) is 11.9 Å². The van der Waals surface area contributed by atoms with Crippen molar-refractivity contribution >= 4 is 10.0 Å². The van der Waals surface area contributed by atoms with Gasteiger partial charge in [-0.05, 0) is 23.8 Å². The summed E-state index contributed by atoms with van der Waals surface area (Å²) >= 11 is 0. The van der Waals surface area contributed by atoms with E-state index in [0.29, 0.717) is 11.6 Å². The largest absolute Gasteiger partial charge is 0.371 e. The predicted octanol–water partition coefficient (Wildman–Crippen LogP) is 3.01. The summed E-state index contributed by atoms with van der Waals surface area (Å²) in [7, 11) is -3.80. The maximum absolute atomic E-state index is 13.7. The number of halogens is 3. The Bertz CT molecular complexity index is 856. The molecular formula is C17H16F3NO3S. The van der Waals surface area contributed by atoms with Gasteiger partial charge in [-0.3, -0.25) is 0 Å². The van der Waals surface area contributed by atoms with Crippen LogP contribution in [0.5, 0.6) is 0 Å². The number of morpholine rings is 1. The second kappa shape index (κ2) is 7.15. The van der Waals surface area contributed by atoms with E-state index in [0.717, 1.165) is 12.1 Å². The Labute approximate surface area is 143 Å². The van der Waals surface area contributed by atoms with Gasteiger partial charge in [0.1, 0.15) is 17.5 Å². The van der Waals surface area contributed by atoms with E-state index in [1.807, 2.05) is 0 Å². The molecule has 1 fully saturated rings. The van der Waals surface area contributed by atoms with Gasteiger partial charge in [-0.2, -0.15) is 4.31 Å². The highest BCUT2D eigenvalue weighted by atomic mass is 32.2. The van der Waals surface area contributed by atoms with Gasteiger partial charge >= 0.3 is 0 Å². The summed E-state index contributed by atoms with van der Waals surface area (Å²) in [4.78, 5) is 0. The SMILES string of the molecule is O=S(=O)(Cc1ccc(F)cc1F)N1CCO[C@@H](c2ccc(F)cc2)C1. The van der Waals surface area contributed by atoms with Gasteiger partial charge in [0.15, 0.2) is 0 Å². The van der Waals surface area contributed by atoms with Gasteiger partial charge in [0, 0.05) is 24.7 Å². The third-order valence-electron chi connectivity index (χ3n) is 4.02. The van der Waals surface area contributed by atoms with E-state index < -0.39 is 39.3 Å². The van der Waals surface area contributed by atoms with Crippen LogP contribution >= 0.6 is 0 Å². The van der Waals surface area contributed by atoms with E-state index in [1.54, 1.807) is 0 Å². The molecule has 0 bridgehead atoms. The lowest BCUT2D eigenvalue weighted by Crippen LogP contribution is -2.42. The summed E-state index contributed by atoms with van der Waals surface area (Å²) < 4.78 is 71.7. The molecule has 1 heterocycles. The number of benzene rings is 2.